The van der Waals surface area contributed by atoms with Gasteiger partial charge in [-0.05, 0) is 29.3 Å². The van der Waals surface area contributed by atoms with Gasteiger partial charge in [0.05, 0.1) is 0 Å². The molecule has 3 nitrogen and oxygen atoms in total. The summed E-state index contributed by atoms with van der Waals surface area (Å²) in [5, 5.41) is 0.738. The van der Waals surface area contributed by atoms with Crippen molar-refractivity contribution in [1.82, 2.24) is 4.98 Å². The number of benzene rings is 2. The molecule has 1 heterocycles. The molecule has 0 aliphatic heterocycles. The van der Waals surface area contributed by atoms with Crippen molar-refractivity contribution in [3.8, 4) is 16.9 Å². The van der Waals surface area contributed by atoms with Gasteiger partial charge in [0.15, 0.2) is 6.29 Å². The Bertz CT molecular complexity index is 820. The highest BCUT2D eigenvalue weighted by molar-refractivity contribution is 6.05. The first-order chi connectivity index (χ1) is 10.5. The second kappa shape index (κ2) is 5.22. The number of carbonyl (C=O) groups excluding carboxylic acids is 1. The number of ether oxygens (including phenoxy) is 1. The highest BCUT2D eigenvalue weighted by Crippen LogP contribution is 2.32. The molecule has 0 fully saturated rings. The van der Waals surface area contributed by atoms with E-state index in [0.29, 0.717) is 11.1 Å². The van der Waals surface area contributed by atoms with Gasteiger partial charge in [0.2, 0.25) is 0 Å². The lowest BCUT2D eigenvalue weighted by Crippen LogP contribution is -2.16. The topological polar surface area (TPSA) is 42.1 Å². The standard InChI is InChI=1S/C16H10F3NO2/c17-16(18,19)22-12-6-4-10(5-7-12)13-2-1-3-14-15(13)11(9-21)8-20-14/h1-9,20H. The number of carbonyl (C=O) groups is 1. The summed E-state index contributed by atoms with van der Waals surface area (Å²) < 4.78 is 40.3. The van der Waals surface area contributed by atoms with Gasteiger partial charge in [-0.15, -0.1) is 13.2 Å². The third kappa shape index (κ3) is 2.67. The molecular weight excluding hydrogens is 295 g/mol. The molecule has 0 bridgehead atoms. The number of hydrogen-bond acceptors (Lipinski definition) is 2. The minimum absolute atomic E-state index is 0.284. The van der Waals surface area contributed by atoms with Gasteiger partial charge >= 0.3 is 6.36 Å². The Morgan fingerprint density at radius 1 is 1.05 bits per heavy atom. The Morgan fingerprint density at radius 2 is 1.77 bits per heavy atom. The van der Waals surface area contributed by atoms with E-state index in [9.17, 15) is 18.0 Å². The number of halogens is 3. The molecule has 0 unspecified atom stereocenters. The van der Waals surface area contributed by atoms with Crippen LogP contribution in [0.1, 0.15) is 10.4 Å². The summed E-state index contributed by atoms with van der Waals surface area (Å²) in [4.78, 5) is 14.1. The second-order valence-corrected chi connectivity index (χ2v) is 4.66. The first-order valence-electron chi connectivity index (χ1n) is 6.39. The van der Waals surface area contributed by atoms with Crippen LogP contribution < -0.4 is 4.74 Å². The van der Waals surface area contributed by atoms with Gasteiger partial charge < -0.3 is 9.72 Å². The highest BCUT2D eigenvalue weighted by atomic mass is 19.4. The van der Waals surface area contributed by atoms with E-state index in [2.05, 4.69) is 9.72 Å². The van der Waals surface area contributed by atoms with Gasteiger partial charge in [-0.2, -0.15) is 0 Å². The van der Waals surface area contributed by atoms with Crippen molar-refractivity contribution in [2.75, 3.05) is 0 Å². The molecule has 0 radical (unpaired) electrons. The van der Waals surface area contributed by atoms with E-state index in [-0.39, 0.29) is 5.75 Å². The lowest BCUT2D eigenvalue weighted by atomic mass is 9.99. The molecule has 22 heavy (non-hydrogen) atoms. The minimum Gasteiger partial charge on any atom is -0.406 e. The summed E-state index contributed by atoms with van der Waals surface area (Å²) in [5.41, 5.74) is 2.75. The minimum atomic E-state index is -4.72. The Balaban J connectivity index is 2.04. The van der Waals surface area contributed by atoms with Crippen molar-refractivity contribution in [2.45, 2.75) is 6.36 Å². The molecule has 6 heteroatoms. The summed E-state index contributed by atoms with van der Waals surface area (Å²) in [5.74, 6) is -0.284. The average Bonchev–Trinajstić information content (AvgIpc) is 2.89. The monoisotopic (exact) mass is 305 g/mol. The number of aromatic amines is 1. The van der Waals surface area contributed by atoms with Crippen LogP contribution >= 0.6 is 0 Å². The van der Waals surface area contributed by atoms with Crippen LogP contribution in [-0.4, -0.2) is 17.6 Å². The van der Waals surface area contributed by atoms with Gasteiger partial charge in [0.25, 0.3) is 0 Å². The van der Waals surface area contributed by atoms with Crippen LogP contribution in [0.4, 0.5) is 13.2 Å². The van der Waals surface area contributed by atoms with Crippen molar-refractivity contribution >= 4 is 17.2 Å². The van der Waals surface area contributed by atoms with Gasteiger partial charge in [-0.1, -0.05) is 24.3 Å². The predicted octanol–water partition coefficient (Wildman–Crippen LogP) is 4.55. The molecule has 2 aromatic carbocycles. The van der Waals surface area contributed by atoms with E-state index >= 15 is 0 Å². The Hall–Kier alpha value is -2.76. The normalized spacial score (nSPS) is 11.6. The molecule has 0 aliphatic carbocycles. The largest absolute Gasteiger partial charge is 0.573 e. The van der Waals surface area contributed by atoms with Gasteiger partial charge in [0.1, 0.15) is 5.75 Å². The number of H-pyrrole nitrogens is 1. The zero-order chi connectivity index (χ0) is 15.7. The first-order valence-corrected chi connectivity index (χ1v) is 6.39. The zero-order valence-electron chi connectivity index (χ0n) is 11.1. The SMILES string of the molecule is O=Cc1c[nH]c2cccc(-c3ccc(OC(F)(F)F)cc3)c12. The number of hydrogen-bond donors (Lipinski definition) is 1. The molecule has 1 N–H and O–H groups in total. The lowest BCUT2D eigenvalue weighted by Gasteiger charge is -2.10. The maximum absolute atomic E-state index is 12.2. The number of alkyl halides is 3. The van der Waals surface area contributed by atoms with Crippen LogP contribution in [0, 0.1) is 0 Å². The molecule has 0 spiro atoms. The predicted molar refractivity (Wildman–Crippen MR) is 75.8 cm³/mol. The Labute approximate surface area is 123 Å². The second-order valence-electron chi connectivity index (χ2n) is 4.66. The van der Waals surface area contributed by atoms with Crippen LogP contribution in [0.5, 0.6) is 5.75 Å². The van der Waals surface area contributed by atoms with E-state index in [1.165, 1.54) is 24.3 Å². The molecular formula is C16H10F3NO2. The van der Waals surface area contributed by atoms with E-state index < -0.39 is 6.36 Å². The molecule has 3 rings (SSSR count). The maximum Gasteiger partial charge on any atom is 0.573 e. The Morgan fingerprint density at radius 3 is 2.41 bits per heavy atom. The van der Waals surface area contributed by atoms with Crippen LogP contribution in [0.15, 0.2) is 48.7 Å². The average molecular weight is 305 g/mol. The third-order valence-corrected chi connectivity index (χ3v) is 3.26. The number of fused-ring (bicyclic) bond motifs is 1. The number of aromatic nitrogens is 1. The summed E-state index contributed by atoms with van der Waals surface area (Å²) in [7, 11) is 0. The van der Waals surface area contributed by atoms with Crippen molar-refractivity contribution in [3.63, 3.8) is 0 Å². The number of nitrogens with one attached hydrogen (secondary N) is 1. The zero-order valence-corrected chi connectivity index (χ0v) is 11.1. The summed E-state index contributed by atoms with van der Waals surface area (Å²) in [6.45, 7) is 0. The van der Waals surface area contributed by atoms with E-state index in [1.807, 2.05) is 18.2 Å². The van der Waals surface area contributed by atoms with Crippen LogP contribution in [0.2, 0.25) is 0 Å². The van der Waals surface area contributed by atoms with Crippen molar-refractivity contribution < 1.29 is 22.7 Å². The fraction of sp³-hybridized carbons (Fsp3) is 0.0625. The molecule has 0 saturated heterocycles. The smallest absolute Gasteiger partial charge is 0.406 e. The summed E-state index contributed by atoms with van der Waals surface area (Å²) in [6.07, 6.45) is -2.38. The molecule has 0 amide bonds. The Kier molecular flexibility index (Phi) is 3.36. The molecule has 0 aliphatic rings. The van der Waals surface area contributed by atoms with Crippen LogP contribution in [-0.2, 0) is 0 Å². The van der Waals surface area contributed by atoms with Crippen molar-refractivity contribution in [3.05, 3.63) is 54.2 Å². The first kappa shape index (κ1) is 14.2. The highest BCUT2D eigenvalue weighted by Gasteiger charge is 2.30. The van der Waals surface area contributed by atoms with Crippen LogP contribution in [0.3, 0.4) is 0 Å². The van der Waals surface area contributed by atoms with Gasteiger partial charge in [-0.25, -0.2) is 0 Å². The molecule has 0 saturated carbocycles. The lowest BCUT2D eigenvalue weighted by molar-refractivity contribution is -0.274. The quantitative estimate of drug-likeness (QED) is 0.721. The molecule has 0 atom stereocenters. The van der Waals surface area contributed by atoms with Gasteiger partial charge in [0, 0.05) is 22.7 Å². The van der Waals surface area contributed by atoms with Gasteiger partial charge in [-0.3, -0.25) is 4.79 Å². The van der Waals surface area contributed by atoms with Crippen molar-refractivity contribution in [2.24, 2.45) is 0 Å². The molecule has 3 aromatic rings. The van der Waals surface area contributed by atoms with E-state index in [0.717, 1.165) is 22.8 Å². The fourth-order valence-electron chi connectivity index (χ4n) is 2.38. The maximum atomic E-state index is 12.2. The molecule has 1 aromatic heterocycles. The summed E-state index contributed by atoms with van der Waals surface area (Å²) >= 11 is 0. The van der Waals surface area contributed by atoms with Crippen molar-refractivity contribution in [1.29, 1.82) is 0 Å². The number of aldehydes is 1. The third-order valence-electron chi connectivity index (χ3n) is 3.26. The summed E-state index contributed by atoms with van der Waals surface area (Å²) in [6, 6.07) is 11.0. The molecule has 112 valence electrons. The van der Waals surface area contributed by atoms with E-state index in [1.54, 1.807) is 6.20 Å². The fourth-order valence-corrected chi connectivity index (χ4v) is 2.38. The van der Waals surface area contributed by atoms with Crippen LogP contribution in [0.25, 0.3) is 22.0 Å². The van der Waals surface area contributed by atoms with E-state index in [4.69, 9.17) is 0 Å². The number of rotatable bonds is 3.